The van der Waals surface area contributed by atoms with Gasteiger partial charge < -0.3 is 0 Å². The summed E-state index contributed by atoms with van der Waals surface area (Å²) in [5.41, 5.74) is 0.703. The second-order valence-electron chi connectivity index (χ2n) is 3.41. The van der Waals surface area contributed by atoms with Crippen molar-refractivity contribution < 1.29 is 14.4 Å². The maximum absolute atomic E-state index is 11.8. The Morgan fingerprint density at radius 2 is 1.69 bits per heavy atom. The van der Waals surface area contributed by atoms with Gasteiger partial charge in [0, 0.05) is 0 Å². The lowest BCUT2D eigenvalue weighted by molar-refractivity contribution is -0.114. The highest BCUT2D eigenvalue weighted by Crippen LogP contribution is 2.21. The number of hydrogen-bond acceptors (Lipinski definition) is 3. The first-order chi connectivity index (χ1) is 7.65. The molecule has 0 atom stereocenters. The quantitative estimate of drug-likeness (QED) is 0.559. The van der Waals surface area contributed by atoms with E-state index in [2.05, 4.69) is 6.58 Å². The normalized spacial score (nSPS) is 13.9. The Hall–Kier alpha value is -2.23. The van der Waals surface area contributed by atoms with Crippen molar-refractivity contribution in [3.63, 3.8) is 0 Å². The molecule has 16 heavy (non-hydrogen) atoms. The summed E-state index contributed by atoms with van der Waals surface area (Å²) in [5, 5.41) is 0. The van der Waals surface area contributed by atoms with Crippen LogP contribution < -0.4 is 0 Å². The summed E-state index contributed by atoms with van der Waals surface area (Å²) in [6, 6.07) is 6.52. The fraction of sp³-hybridized carbons (Fsp3) is 0.0833. The predicted molar refractivity (Wildman–Crippen MR) is 57.0 cm³/mol. The predicted octanol–water partition coefficient (Wildman–Crippen LogP) is 1.04. The van der Waals surface area contributed by atoms with Crippen LogP contribution in [0.15, 0.2) is 36.9 Å². The number of carbonyl (C=O) groups is 3. The van der Waals surface area contributed by atoms with E-state index in [-0.39, 0.29) is 12.3 Å². The number of amides is 2. The van der Waals surface area contributed by atoms with E-state index in [9.17, 15) is 14.4 Å². The van der Waals surface area contributed by atoms with Gasteiger partial charge in [0.2, 0.25) is 0 Å². The lowest BCUT2D eigenvalue weighted by Crippen LogP contribution is -2.34. The van der Waals surface area contributed by atoms with Crippen molar-refractivity contribution in [2.75, 3.05) is 6.54 Å². The van der Waals surface area contributed by atoms with Gasteiger partial charge in [0.05, 0.1) is 17.7 Å². The van der Waals surface area contributed by atoms with Crippen molar-refractivity contribution >= 4 is 17.6 Å². The smallest absolute Gasteiger partial charge is 0.261 e. The van der Waals surface area contributed by atoms with Crippen LogP contribution in [-0.4, -0.2) is 29.0 Å². The van der Waals surface area contributed by atoms with E-state index in [4.69, 9.17) is 0 Å². The van der Waals surface area contributed by atoms with Crippen LogP contribution in [0.2, 0.25) is 0 Å². The summed E-state index contributed by atoms with van der Waals surface area (Å²) in [7, 11) is 0. The Morgan fingerprint density at radius 1 is 1.19 bits per heavy atom. The highest BCUT2D eigenvalue weighted by atomic mass is 16.2. The largest absolute Gasteiger partial charge is 0.293 e. The number of rotatable bonds is 3. The van der Waals surface area contributed by atoms with Gasteiger partial charge in [-0.05, 0) is 18.2 Å². The highest BCUT2D eigenvalue weighted by molar-refractivity contribution is 6.22. The first kappa shape index (κ1) is 10.3. The molecule has 4 nitrogen and oxygen atoms in total. The zero-order valence-corrected chi connectivity index (χ0v) is 8.47. The molecule has 0 bridgehead atoms. The third kappa shape index (κ3) is 1.44. The summed E-state index contributed by atoms with van der Waals surface area (Å²) in [4.78, 5) is 35.6. The highest BCUT2D eigenvalue weighted by Gasteiger charge is 2.35. The number of fused-ring (bicyclic) bond motifs is 1. The van der Waals surface area contributed by atoms with Crippen molar-refractivity contribution in [1.82, 2.24) is 4.90 Å². The summed E-state index contributed by atoms with van der Waals surface area (Å²) >= 11 is 0. The van der Waals surface area contributed by atoms with Crippen LogP contribution in [0, 0.1) is 0 Å². The minimum Gasteiger partial charge on any atom is -0.293 e. The van der Waals surface area contributed by atoms with Gasteiger partial charge in [-0.2, -0.15) is 0 Å². The van der Waals surface area contributed by atoms with Crippen LogP contribution >= 0.6 is 0 Å². The number of nitrogens with zero attached hydrogens (tertiary/aromatic N) is 1. The van der Waals surface area contributed by atoms with Crippen LogP contribution in [0.4, 0.5) is 0 Å². The van der Waals surface area contributed by atoms with E-state index < -0.39 is 11.8 Å². The lowest BCUT2D eigenvalue weighted by Gasteiger charge is -2.10. The monoisotopic (exact) mass is 215 g/mol. The molecular weight excluding hydrogens is 206 g/mol. The SMILES string of the molecule is C=CC(=O)CN1C(=O)c2ccccc2C1=O. The molecule has 0 fully saturated rings. The molecule has 0 saturated heterocycles. The van der Waals surface area contributed by atoms with Crippen molar-refractivity contribution in [3.8, 4) is 0 Å². The van der Waals surface area contributed by atoms with Gasteiger partial charge in [-0.15, -0.1) is 0 Å². The van der Waals surface area contributed by atoms with E-state index in [1.807, 2.05) is 0 Å². The van der Waals surface area contributed by atoms with Crippen molar-refractivity contribution in [2.24, 2.45) is 0 Å². The molecule has 0 aromatic heterocycles. The van der Waals surface area contributed by atoms with E-state index in [0.29, 0.717) is 11.1 Å². The van der Waals surface area contributed by atoms with Gasteiger partial charge >= 0.3 is 0 Å². The number of imide groups is 1. The molecule has 2 rings (SSSR count). The molecule has 0 spiro atoms. The molecule has 0 N–H and O–H groups in total. The van der Waals surface area contributed by atoms with Gasteiger partial charge in [0.25, 0.3) is 11.8 Å². The van der Waals surface area contributed by atoms with Crippen molar-refractivity contribution in [3.05, 3.63) is 48.0 Å². The van der Waals surface area contributed by atoms with E-state index in [1.54, 1.807) is 24.3 Å². The number of carbonyl (C=O) groups excluding carboxylic acids is 3. The minimum absolute atomic E-state index is 0.240. The van der Waals surface area contributed by atoms with Crippen LogP contribution in [0.1, 0.15) is 20.7 Å². The Labute approximate surface area is 92.2 Å². The molecule has 1 aliphatic heterocycles. The summed E-state index contributed by atoms with van der Waals surface area (Å²) < 4.78 is 0. The Bertz CT molecular complexity index is 470. The molecule has 1 aromatic carbocycles. The average Bonchev–Trinajstić information content (AvgIpc) is 2.55. The van der Waals surface area contributed by atoms with Crippen LogP contribution in [0.3, 0.4) is 0 Å². The molecule has 1 heterocycles. The maximum atomic E-state index is 11.8. The summed E-state index contributed by atoms with van der Waals surface area (Å²) in [6.45, 7) is 3.06. The molecular formula is C12H9NO3. The second-order valence-corrected chi connectivity index (χ2v) is 3.41. The number of benzene rings is 1. The van der Waals surface area contributed by atoms with E-state index >= 15 is 0 Å². The third-order valence-corrected chi connectivity index (χ3v) is 2.42. The third-order valence-electron chi connectivity index (χ3n) is 2.42. The molecule has 0 radical (unpaired) electrons. The average molecular weight is 215 g/mol. The first-order valence-electron chi connectivity index (χ1n) is 4.75. The fourth-order valence-electron chi connectivity index (χ4n) is 1.60. The molecule has 4 heteroatoms. The molecule has 0 unspecified atom stereocenters. The van der Waals surface area contributed by atoms with Gasteiger partial charge in [0.1, 0.15) is 0 Å². The minimum atomic E-state index is -0.421. The lowest BCUT2D eigenvalue weighted by atomic mass is 10.1. The number of ketones is 1. The first-order valence-corrected chi connectivity index (χ1v) is 4.75. The van der Waals surface area contributed by atoms with Crippen molar-refractivity contribution in [1.29, 1.82) is 0 Å². The topological polar surface area (TPSA) is 54.5 Å². The second kappa shape index (κ2) is 3.73. The van der Waals surface area contributed by atoms with E-state index in [1.165, 1.54) is 0 Å². The summed E-state index contributed by atoms with van der Waals surface area (Å²) in [5.74, 6) is -1.19. The van der Waals surface area contributed by atoms with Gasteiger partial charge in [0.15, 0.2) is 5.78 Å². The Morgan fingerprint density at radius 3 is 2.12 bits per heavy atom. The Balaban J connectivity index is 2.35. The van der Waals surface area contributed by atoms with Crippen LogP contribution in [-0.2, 0) is 4.79 Å². The van der Waals surface area contributed by atoms with Crippen molar-refractivity contribution in [2.45, 2.75) is 0 Å². The molecule has 0 saturated carbocycles. The molecule has 2 amide bonds. The van der Waals surface area contributed by atoms with E-state index in [0.717, 1.165) is 11.0 Å². The summed E-state index contributed by atoms with van der Waals surface area (Å²) in [6.07, 6.45) is 1.10. The fourth-order valence-corrected chi connectivity index (χ4v) is 1.60. The molecule has 1 aliphatic rings. The maximum Gasteiger partial charge on any atom is 0.261 e. The molecule has 0 aliphatic carbocycles. The van der Waals surface area contributed by atoms with Gasteiger partial charge in [-0.3, -0.25) is 19.3 Å². The van der Waals surface area contributed by atoms with Crippen LogP contribution in [0.25, 0.3) is 0 Å². The standard InChI is InChI=1S/C12H9NO3/c1-2-8(14)7-13-11(15)9-5-3-4-6-10(9)12(13)16/h2-6H,1,7H2. The number of hydrogen-bond donors (Lipinski definition) is 0. The van der Waals surface area contributed by atoms with Gasteiger partial charge in [-0.25, -0.2) is 0 Å². The zero-order valence-electron chi connectivity index (χ0n) is 8.47. The van der Waals surface area contributed by atoms with Gasteiger partial charge in [-0.1, -0.05) is 18.7 Å². The Kier molecular flexibility index (Phi) is 2.40. The zero-order chi connectivity index (χ0) is 11.7. The molecule has 1 aromatic rings. The van der Waals surface area contributed by atoms with Crippen LogP contribution in [0.5, 0.6) is 0 Å². The molecule has 80 valence electrons.